The van der Waals surface area contributed by atoms with Gasteiger partial charge in [-0.1, -0.05) is 5.16 Å². The predicted molar refractivity (Wildman–Crippen MR) is 99.9 cm³/mol. The summed E-state index contributed by atoms with van der Waals surface area (Å²) in [6.45, 7) is 0. The molecule has 9 heteroatoms. The number of aryl methyl sites for hydroxylation is 1. The third-order valence-electron chi connectivity index (χ3n) is 4.11. The van der Waals surface area contributed by atoms with Gasteiger partial charge in [0.15, 0.2) is 5.13 Å². The van der Waals surface area contributed by atoms with Crippen LogP contribution in [0, 0.1) is 0 Å². The van der Waals surface area contributed by atoms with E-state index in [-0.39, 0.29) is 18.2 Å². The summed E-state index contributed by atoms with van der Waals surface area (Å²) in [6, 6.07) is 1.75. The number of amides is 2. The third-order valence-corrected chi connectivity index (χ3v) is 5.60. The number of thiazole rings is 1. The van der Waals surface area contributed by atoms with Gasteiger partial charge >= 0.3 is 0 Å². The van der Waals surface area contributed by atoms with E-state index in [1.54, 1.807) is 16.8 Å². The largest absolute Gasteiger partial charge is 0.338 e. The normalized spacial score (nSPS) is 13.2. The van der Waals surface area contributed by atoms with E-state index in [0.29, 0.717) is 22.3 Å². The predicted octanol–water partition coefficient (Wildman–Crippen LogP) is 3.50. The van der Waals surface area contributed by atoms with Crippen molar-refractivity contribution in [2.75, 3.05) is 10.6 Å². The van der Waals surface area contributed by atoms with E-state index in [9.17, 15) is 9.59 Å². The number of nitrogens with one attached hydrogen (secondary N) is 2. The summed E-state index contributed by atoms with van der Waals surface area (Å²) in [5.41, 5.74) is 3.14. The van der Waals surface area contributed by atoms with Gasteiger partial charge in [0.2, 0.25) is 11.8 Å². The molecule has 0 radical (unpaired) electrons. The molecule has 4 rings (SSSR count). The molecule has 7 nitrogen and oxygen atoms in total. The highest BCUT2D eigenvalue weighted by Gasteiger charge is 2.21. The van der Waals surface area contributed by atoms with Gasteiger partial charge in [-0.05, 0) is 37.1 Å². The van der Waals surface area contributed by atoms with Gasteiger partial charge in [0.1, 0.15) is 0 Å². The first-order chi connectivity index (χ1) is 12.7. The van der Waals surface area contributed by atoms with Crippen molar-refractivity contribution in [2.24, 2.45) is 0 Å². The van der Waals surface area contributed by atoms with Crippen molar-refractivity contribution >= 4 is 45.5 Å². The third kappa shape index (κ3) is 3.68. The zero-order valence-electron chi connectivity index (χ0n) is 13.8. The van der Waals surface area contributed by atoms with Gasteiger partial charge in [0.05, 0.1) is 23.4 Å². The van der Waals surface area contributed by atoms with Crippen molar-refractivity contribution in [1.29, 1.82) is 0 Å². The molecule has 0 saturated heterocycles. The van der Waals surface area contributed by atoms with E-state index in [4.69, 9.17) is 4.52 Å². The molecule has 134 valence electrons. The van der Waals surface area contributed by atoms with Crippen LogP contribution in [0.1, 0.15) is 40.2 Å². The highest BCUT2D eigenvalue weighted by Crippen LogP contribution is 2.27. The van der Waals surface area contributed by atoms with E-state index in [2.05, 4.69) is 20.8 Å². The Hall–Kier alpha value is -2.52. The van der Waals surface area contributed by atoms with Crippen molar-refractivity contribution in [2.45, 2.75) is 32.1 Å². The summed E-state index contributed by atoms with van der Waals surface area (Å²) >= 11 is 2.75. The molecule has 0 saturated carbocycles. The van der Waals surface area contributed by atoms with Gasteiger partial charge in [-0.3, -0.25) is 20.2 Å². The van der Waals surface area contributed by atoms with Crippen LogP contribution in [0.3, 0.4) is 0 Å². The Bertz CT molecular complexity index is 930. The van der Waals surface area contributed by atoms with Crippen molar-refractivity contribution in [3.8, 4) is 0 Å². The first kappa shape index (κ1) is 16.9. The minimum Gasteiger partial charge on any atom is -0.338 e. The van der Waals surface area contributed by atoms with Gasteiger partial charge in [0.25, 0.3) is 5.91 Å². The van der Waals surface area contributed by atoms with Crippen molar-refractivity contribution in [3.05, 3.63) is 44.7 Å². The maximum Gasteiger partial charge on any atom is 0.258 e. The number of carbonyl (C=O) groups is 2. The zero-order chi connectivity index (χ0) is 17.9. The number of hydrogen-bond acceptors (Lipinski definition) is 7. The highest BCUT2D eigenvalue weighted by atomic mass is 32.1. The number of carbonyl (C=O) groups excluding carboxylic acids is 2. The molecule has 0 bridgehead atoms. The van der Waals surface area contributed by atoms with Crippen LogP contribution in [-0.4, -0.2) is 22.0 Å². The molecule has 2 N–H and O–H groups in total. The maximum atomic E-state index is 12.3. The molecule has 1 aliphatic rings. The molecule has 3 heterocycles. The van der Waals surface area contributed by atoms with Gasteiger partial charge in [-0.25, -0.2) is 4.98 Å². The number of fused-ring (bicyclic) bond motifs is 1. The second-order valence-corrected chi connectivity index (χ2v) is 7.62. The summed E-state index contributed by atoms with van der Waals surface area (Å²) in [6.07, 6.45) is 4.07. The number of aromatic nitrogens is 2. The molecule has 0 aromatic carbocycles. The SMILES string of the molecule is O=C(Cc1csc(NC(=O)c2ccsc2)n1)Nc1onc2c1CCCC2. The molecule has 3 aromatic rings. The van der Waals surface area contributed by atoms with E-state index in [1.807, 2.05) is 5.38 Å². The molecule has 1 aliphatic carbocycles. The quantitative estimate of drug-likeness (QED) is 0.697. The topological polar surface area (TPSA) is 97.1 Å². The molecular weight excluding hydrogens is 372 g/mol. The van der Waals surface area contributed by atoms with Crippen LogP contribution >= 0.6 is 22.7 Å². The zero-order valence-corrected chi connectivity index (χ0v) is 15.4. The minimum atomic E-state index is -0.212. The van der Waals surface area contributed by atoms with E-state index >= 15 is 0 Å². The lowest BCUT2D eigenvalue weighted by Crippen LogP contribution is -2.16. The van der Waals surface area contributed by atoms with E-state index in [0.717, 1.165) is 36.9 Å². The van der Waals surface area contributed by atoms with Crippen LogP contribution in [0.2, 0.25) is 0 Å². The monoisotopic (exact) mass is 388 g/mol. The molecule has 3 aromatic heterocycles. The van der Waals surface area contributed by atoms with Crippen LogP contribution < -0.4 is 10.6 Å². The molecule has 2 amide bonds. The Kier molecular flexibility index (Phi) is 4.81. The molecule has 0 fully saturated rings. The number of nitrogens with zero attached hydrogens (tertiary/aromatic N) is 2. The first-order valence-corrected chi connectivity index (χ1v) is 10.1. The van der Waals surface area contributed by atoms with Gasteiger partial charge in [-0.15, -0.1) is 11.3 Å². The Morgan fingerprint density at radius 2 is 2.08 bits per heavy atom. The molecule has 26 heavy (non-hydrogen) atoms. The fraction of sp³-hybridized carbons (Fsp3) is 0.294. The molecule has 0 unspecified atom stereocenters. The fourth-order valence-corrected chi connectivity index (χ4v) is 4.17. The molecule has 0 atom stereocenters. The van der Waals surface area contributed by atoms with Crippen molar-refractivity contribution < 1.29 is 14.1 Å². The molecular formula is C17H16N4O3S2. The van der Waals surface area contributed by atoms with Crippen molar-refractivity contribution in [1.82, 2.24) is 10.1 Å². The van der Waals surface area contributed by atoms with Crippen LogP contribution in [0.15, 0.2) is 26.7 Å². The summed E-state index contributed by atoms with van der Waals surface area (Å²) in [5, 5.41) is 15.4. The van der Waals surface area contributed by atoms with Crippen LogP contribution in [0.25, 0.3) is 0 Å². The Morgan fingerprint density at radius 1 is 1.19 bits per heavy atom. The summed E-state index contributed by atoms with van der Waals surface area (Å²) in [5.74, 6) is 0.0336. The Labute approximate surface area is 157 Å². The Balaban J connectivity index is 1.36. The summed E-state index contributed by atoms with van der Waals surface area (Å²) < 4.78 is 5.27. The lowest BCUT2D eigenvalue weighted by molar-refractivity contribution is -0.115. The van der Waals surface area contributed by atoms with Gasteiger partial charge < -0.3 is 4.52 Å². The first-order valence-electron chi connectivity index (χ1n) is 8.24. The average molecular weight is 388 g/mol. The second kappa shape index (κ2) is 7.38. The smallest absolute Gasteiger partial charge is 0.258 e. The van der Waals surface area contributed by atoms with Crippen LogP contribution in [-0.2, 0) is 24.1 Å². The number of thiophene rings is 1. The van der Waals surface area contributed by atoms with Crippen LogP contribution in [0.4, 0.5) is 11.0 Å². The number of anilines is 2. The summed E-state index contributed by atoms with van der Waals surface area (Å²) in [4.78, 5) is 28.6. The lowest BCUT2D eigenvalue weighted by atomic mass is 9.98. The maximum absolute atomic E-state index is 12.3. The minimum absolute atomic E-state index is 0.111. The Morgan fingerprint density at radius 3 is 2.92 bits per heavy atom. The van der Waals surface area contributed by atoms with Crippen LogP contribution in [0.5, 0.6) is 0 Å². The second-order valence-electron chi connectivity index (χ2n) is 5.98. The van der Waals surface area contributed by atoms with Gasteiger partial charge in [-0.2, -0.15) is 11.3 Å². The van der Waals surface area contributed by atoms with E-state index < -0.39 is 0 Å². The standard InChI is InChI=1S/C17H16N4O3S2/c22-14(19-16-12-3-1-2-4-13(12)21-24-16)7-11-9-26-17(18-11)20-15(23)10-5-6-25-8-10/h5-6,8-9H,1-4,7H2,(H,19,22)(H,18,20,23). The molecule has 0 spiro atoms. The lowest BCUT2D eigenvalue weighted by Gasteiger charge is -2.09. The average Bonchev–Trinajstić information content (AvgIpc) is 3.37. The van der Waals surface area contributed by atoms with Gasteiger partial charge in [0, 0.05) is 16.3 Å². The fourth-order valence-electron chi connectivity index (χ4n) is 2.83. The number of rotatable bonds is 5. The highest BCUT2D eigenvalue weighted by molar-refractivity contribution is 7.14. The summed E-state index contributed by atoms with van der Waals surface area (Å²) in [7, 11) is 0. The number of hydrogen-bond donors (Lipinski definition) is 2. The van der Waals surface area contributed by atoms with E-state index in [1.165, 1.54) is 22.7 Å². The molecule has 0 aliphatic heterocycles. The van der Waals surface area contributed by atoms with Crippen molar-refractivity contribution in [3.63, 3.8) is 0 Å².